The summed E-state index contributed by atoms with van der Waals surface area (Å²) in [5, 5.41) is 4.10. The molecular formula is C27H29ClF3N3O. The van der Waals surface area contributed by atoms with Crippen LogP contribution in [0, 0.1) is 0 Å². The number of halogens is 4. The largest absolute Gasteiger partial charge is 0.465 e. The zero-order chi connectivity index (χ0) is 25.8. The molecule has 2 atom stereocenters. The van der Waals surface area contributed by atoms with E-state index < -0.39 is 17.3 Å². The average Bonchev–Trinajstić information content (AvgIpc) is 2.78. The fourth-order valence-corrected chi connectivity index (χ4v) is 3.85. The van der Waals surface area contributed by atoms with Crippen molar-refractivity contribution in [3.8, 4) is 5.88 Å². The van der Waals surface area contributed by atoms with Crippen molar-refractivity contribution in [1.29, 1.82) is 0 Å². The first-order chi connectivity index (χ1) is 16.3. The lowest BCUT2D eigenvalue weighted by Crippen LogP contribution is -2.43. The van der Waals surface area contributed by atoms with Gasteiger partial charge in [-0.15, -0.1) is 0 Å². The molecule has 0 amide bonds. The van der Waals surface area contributed by atoms with Crippen molar-refractivity contribution < 1.29 is 17.9 Å². The number of nitrogen functional groups attached to an aromatic ring is 1. The van der Waals surface area contributed by atoms with E-state index in [1.54, 1.807) is 13.8 Å². The molecule has 0 aliphatic heterocycles. The Labute approximate surface area is 209 Å². The summed E-state index contributed by atoms with van der Waals surface area (Å²) >= 11 is 6.05. The van der Waals surface area contributed by atoms with Crippen LogP contribution in [0.1, 0.15) is 43.4 Å². The lowest BCUT2D eigenvalue weighted by molar-refractivity contribution is -0.137. The topological polar surface area (TPSA) is 60.2 Å². The number of nitrogens with zero attached hydrogens (tertiary/aromatic N) is 1. The number of nitrogens with two attached hydrogens (primary N) is 1. The van der Waals surface area contributed by atoms with Gasteiger partial charge in [0.1, 0.15) is 5.60 Å². The number of ether oxygens (including phenoxy) is 1. The van der Waals surface area contributed by atoms with Gasteiger partial charge in [-0.3, -0.25) is 0 Å². The van der Waals surface area contributed by atoms with Crippen LogP contribution in [0.2, 0.25) is 5.02 Å². The molecule has 1 aromatic heterocycles. The molecule has 2 aromatic carbocycles. The predicted octanol–water partition coefficient (Wildman–Crippen LogP) is 7.01. The van der Waals surface area contributed by atoms with Gasteiger partial charge in [0.2, 0.25) is 5.88 Å². The molecule has 0 aliphatic rings. The Morgan fingerprint density at radius 2 is 1.80 bits per heavy atom. The third-order valence-corrected chi connectivity index (χ3v) is 6.12. The SMILES string of the molecule is C=C(N[C@@H](C)[C@@H](Cc1ccc(Cl)cc1)c1cccc(N)c1)C(C)(C)Oc1ccc(C(F)(F)F)cn1. The number of anilines is 1. The zero-order valence-corrected chi connectivity index (χ0v) is 20.6. The Bertz CT molecular complexity index is 1150. The quantitative estimate of drug-likeness (QED) is 0.308. The van der Waals surface area contributed by atoms with E-state index in [-0.39, 0.29) is 17.8 Å². The molecule has 3 aromatic rings. The van der Waals surface area contributed by atoms with Gasteiger partial charge in [0.05, 0.1) is 5.56 Å². The first kappa shape index (κ1) is 26.4. The van der Waals surface area contributed by atoms with Gasteiger partial charge in [-0.2, -0.15) is 13.2 Å². The van der Waals surface area contributed by atoms with Gasteiger partial charge in [-0.25, -0.2) is 4.98 Å². The number of alkyl halides is 3. The van der Waals surface area contributed by atoms with Gasteiger partial charge < -0.3 is 15.8 Å². The molecule has 0 bridgehead atoms. The number of hydrogen-bond acceptors (Lipinski definition) is 4. The minimum Gasteiger partial charge on any atom is -0.465 e. The van der Waals surface area contributed by atoms with Crippen molar-refractivity contribution >= 4 is 17.3 Å². The summed E-state index contributed by atoms with van der Waals surface area (Å²) in [4.78, 5) is 3.81. The Balaban J connectivity index is 1.76. The Kier molecular flexibility index (Phi) is 8.00. The highest BCUT2D eigenvalue weighted by Gasteiger charge is 2.32. The van der Waals surface area contributed by atoms with Crippen LogP contribution in [0.3, 0.4) is 0 Å². The van der Waals surface area contributed by atoms with E-state index in [1.807, 2.05) is 55.5 Å². The van der Waals surface area contributed by atoms with Crippen LogP contribution >= 0.6 is 11.6 Å². The van der Waals surface area contributed by atoms with Gasteiger partial charge in [-0.1, -0.05) is 42.4 Å². The molecule has 0 saturated heterocycles. The first-order valence-corrected chi connectivity index (χ1v) is 11.5. The number of benzene rings is 2. The molecule has 8 heteroatoms. The molecule has 0 saturated carbocycles. The fourth-order valence-electron chi connectivity index (χ4n) is 3.73. The highest BCUT2D eigenvalue weighted by atomic mass is 35.5. The molecule has 3 rings (SSSR count). The molecule has 0 spiro atoms. The Morgan fingerprint density at radius 3 is 2.37 bits per heavy atom. The van der Waals surface area contributed by atoms with Crippen molar-refractivity contribution in [1.82, 2.24) is 10.3 Å². The van der Waals surface area contributed by atoms with Crippen molar-refractivity contribution in [3.63, 3.8) is 0 Å². The fraction of sp³-hybridized carbons (Fsp3) is 0.296. The summed E-state index contributed by atoms with van der Waals surface area (Å²) in [6.07, 6.45) is -2.97. The summed E-state index contributed by atoms with van der Waals surface area (Å²) in [5.74, 6) is 0.114. The summed E-state index contributed by atoms with van der Waals surface area (Å²) in [5.41, 5.74) is 7.70. The number of pyridine rings is 1. The molecule has 186 valence electrons. The highest BCUT2D eigenvalue weighted by Crippen LogP contribution is 2.31. The monoisotopic (exact) mass is 503 g/mol. The van der Waals surface area contributed by atoms with E-state index in [0.717, 1.165) is 29.8 Å². The van der Waals surface area contributed by atoms with Crippen LogP contribution in [0.25, 0.3) is 0 Å². The molecule has 35 heavy (non-hydrogen) atoms. The van der Waals surface area contributed by atoms with Crippen molar-refractivity contribution in [2.45, 2.75) is 50.9 Å². The van der Waals surface area contributed by atoms with Gasteiger partial charge in [0.15, 0.2) is 0 Å². The second-order valence-corrected chi connectivity index (χ2v) is 9.45. The lowest BCUT2D eigenvalue weighted by atomic mass is 9.85. The minimum atomic E-state index is -4.46. The van der Waals surface area contributed by atoms with E-state index in [9.17, 15) is 13.2 Å². The van der Waals surface area contributed by atoms with E-state index in [4.69, 9.17) is 22.1 Å². The highest BCUT2D eigenvalue weighted by molar-refractivity contribution is 6.30. The molecule has 0 fully saturated rings. The average molecular weight is 504 g/mol. The third kappa shape index (κ3) is 7.15. The minimum absolute atomic E-state index is 0.0384. The molecule has 4 nitrogen and oxygen atoms in total. The van der Waals surface area contributed by atoms with E-state index in [2.05, 4.69) is 16.9 Å². The predicted molar refractivity (Wildman–Crippen MR) is 134 cm³/mol. The maximum Gasteiger partial charge on any atom is 0.417 e. The first-order valence-electron chi connectivity index (χ1n) is 11.1. The van der Waals surface area contributed by atoms with Crippen LogP contribution in [0.5, 0.6) is 5.88 Å². The molecule has 0 aliphatic carbocycles. The van der Waals surface area contributed by atoms with E-state index in [1.165, 1.54) is 6.07 Å². The third-order valence-electron chi connectivity index (χ3n) is 5.86. The summed E-state index contributed by atoms with van der Waals surface area (Å²) in [7, 11) is 0. The smallest absolute Gasteiger partial charge is 0.417 e. The number of rotatable bonds is 9. The lowest BCUT2D eigenvalue weighted by Gasteiger charge is -2.34. The second-order valence-electron chi connectivity index (χ2n) is 9.01. The molecule has 3 N–H and O–H groups in total. The van der Waals surface area contributed by atoms with Crippen molar-refractivity contribution in [3.05, 3.63) is 101 Å². The van der Waals surface area contributed by atoms with Gasteiger partial charge in [-0.05, 0) is 68.7 Å². The summed E-state index contributed by atoms with van der Waals surface area (Å²) in [6, 6.07) is 17.5. The van der Waals surface area contributed by atoms with Gasteiger partial charge in [0.25, 0.3) is 0 Å². The van der Waals surface area contributed by atoms with Crippen molar-refractivity contribution in [2.75, 3.05) is 5.73 Å². The second kappa shape index (κ2) is 10.6. The van der Waals surface area contributed by atoms with Gasteiger partial charge in [0, 0.05) is 40.6 Å². The Morgan fingerprint density at radius 1 is 1.11 bits per heavy atom. The maximum atomic E-state index is 12.8. The van der Waals surface area contributed by atoms with Gasteiger partial charge >= 0.3 is 6.18 Å². The molecular weight excluding hydrogens is 475 g/mol. The standard InChI is InChI=1S/C27H29ClF3N3O/c1-17(24(20-6-5-7-23(32)15-20)14-19-8-11-22(28)12-9-19)34-18(2)26(3,4)35-25-13-10-21(16-33-25)27(29,30)31/h5-13,15-17,24,34H,2,14,32H2,1,3-4H3/t17-,24+/m0/s1. The van der Waals surface area contributed by atoms with Crippen LogP contribution in [-0.2, 0) is 12.6 Å². The van der Waals surface area contributed by atoms with Crippen LogP contribution < -0.4 is 15.8 Å². The number of nitrogens with one attached hydrogen (secondary N) is 1. The Hall–Kier alpha value is -3.19. The summed E-state index contributed by atoms with van der Waals surface area (Å²) in [6.45, 7) is 9.75. The zero-order valence-electron chi connectivity index (χ0n) is 19.9. The van der Waals surface area contributed by atoms with Crippen LogP contribution in [0.15, 0.2) is 79.1 Å². The van der Waals surface area contributed by atoms with Crippen molar-refractivity contribution in [2.24, 2.45) is 0 Å². The maximum absolute atomic E-state index is 12.8. The molecule has 0 radical (unpaired) electrons. The van der Waals surface area contributed by atoms with Crippen LogP contribution in [-0.4, -0.2) is 16.6 Å². The number of hydrogen-bond donors (Lipinski definition) is 2. The summed E-state index contributed by atoms with van der Waals surface area (Å²) < 4.78 is 44.4. The molecule has 0 unspecified atom stereocenters. The van der Waals surface area contributed by atoms with E-state index in [0.29, 0.717) is 16.4 Å². The molecule has 1 heterocycles. The van der Waals surface area contributed by atoms with Crippen LogP contribution in [0.4, 0.5) is 18.9 Å². The normalized spacial score (nSPS) is 13.7. The van der Waals surface area contributed by atoms with E-state index >= 15 is 0 Å². The number of aromatic nitrogens is 1.